The summed E-state index contributed by atoms with van der Waals surface area (Å²) in [5.74, 6) is -4.27. The Morgan fingerprint density at radius 1 is 0.720 bits per heavy atom. The van der Waals surface area contributed by atoms with E-state index in [1.54, 1.807) is 0 Å². The monoisotopic (exact) mass is 368 g/mol. The molecule has 2 atom stereocenters. The number of hydrogen-bond donors (Lipinski definition) is 8. The molecule has 12 heteroatoms. The van der Waals surface area contributed by atoms with E-state index in [-0.39, 0.29) is 13.0 Å². The Morgan fingerprint density at radius 3 is 1.40 bits per heavy atom. The van der Waals surface area contributed by atoms with Gasteiger partial charge in [-0.3, -0.25) is 19.2 Å². The number of nitrogens with two attached hydrogens (primary N) is 4. The molecule has 12 N–H and O–H groups in total. The summed E-state index contributed by atoms with van der Waals surface area (Å²) in [5.41, 5.74) is 20.1. The molecule has 0 aromatic carbocycles. The lowest BCUT2D eigenvalue weighted by Crippen LogP contribution is -2.32. The molecule has 2 unspecified atom stereocenters. The van der Waals surface area contributed by atoms with Crippen molar-refractivity contribution in [2.75, 3.05) is 13.1 Å². The van der Waals surface area contributed by atoms with Crippen LogP contribution < -0.4 is 22.9 Å². The first-order valence-corrected chi connectivity index (χ1v) is 7.30. The second-order valence-electron chi connectivity index (χ2n) is 4.70. The number of rotatable bonds is 10. The first-order valence-electron chi connectivity index (χ1n) is 7.30. The predicted molar refractivity (Wildman–Crippen MR) is 87.7 cm³/mol. The Bertz CT molecular complexity index is 405. The van der Waals surface area contributed by atoms with E-state index in [1.165, 1.54) is 0 Å². The Morgan fingerprint density at radius 2 is 1.20 bits per heavy atom. The third-order valence-corrected chi connectivity index (χ3v) is 2.36. The molecular weight excluding hydrogens is 340 g/mol. The summed E-state index contributed by atoms with van der Waals surface area (Å²) in [6.45, 7) is 0.835. The van der Waals surface area contributed by atoms with Gasteiger partial charge in [0.1, 0.15) is 12.1 Å². The van der Waals surface area contributed by atoms with Crippen LogP contribution in [0.1, 0.15) is 32.1 Å². The second-order valence-corrected chi connectivity index (χ2v) is 4.70. The normalized spacial score (nSPS) is 11.7. The maximum Gasteiger partial charge on any atom is 0.321 e. The van der Waals surface area contributed by atoms with E-state index in [0.29, 0.717) is 13.0 Å². The van der Waals surface area contributed by atoms with E-state index in [9.17, 15) is 19.2 Å². The van der Waals surface area contributed by atoms with Gasteiger partial charge in [-0.15, -0.1) is 0 Å². The summed E-state index contributed by atoms with van der Waals surface area (Å²) < 4.78 is 0. The smallest absolute Gasteiger partial charge is 0.321 e. The minimum atomic E-state index is -1.29. The Kier molecular flexibility index (Phi) is 19.9. The highest BCUT2D eigenvalue weighted by atomic mass is 16.4. The number of hydrogen-bond acceptors (Lipinski definition) is 8. The SMILES string of the molecule is NC(CC(=O)O)C(=O)O.NCCC(=O)O.NCCCCC(N)C(=O)O. The van der Waals surface area contributed by atoms with Crippen LogP contribution in [-0.4, -0.2) is 69.5 Å². The van der Waals surface area contributed by atoms with Crippen molar-refractivity contribution in [1.82, 2.24) is 0 Å². The molecule has 0 saturated carbocycles. The zero-order chi connectivity index (χ0) is 20.4. The standard InChI is InChI=1S/C6H14N2O2.C4H7NO4.C3H7NO2/c7-4-2-1-3-5(8)6(9)10;5-2(4(8)9)1-3(6)7;4-2-1-3(5)6/h5H,1-4,7-8H2,(H,9,10);2H,1,5H2,(H,6,7)(H,8,9);1-2,4H2,(H,5,6). The predicted octanol–water partition coefficient (Wildman–Crippen LogP) is -2.18. The minimum absolute atomic E-state index is 0.0694. The summed E-state index contributed by atoms with van der Waals surface area (Å²) in [6, 6.07) is -2.01. The molecular formula is C13H28N4O8. The average molecular weight is 368 g/mol. The van der Waals surface area contributed by atoms with Gasteiger partial charge in [-0.05, 0) is 19.4 Å². The van der Waals surface area contributed by atoms with Crippen LogP contribution in [0.25, 0.3) is 0 Å². The van der Waals surface area contributed by atoms with E-state index in [2.05, 4.69) is 0 Å². The van der Waals surface area contributed by atoms with Gasteiger partial charge in [-0.1, -0.05) is 6.42 Å². The van der Waals surface area contributed by atoms with E-state index < -0.39 is 42.4 Å². The highest BCUT2D eigenvalue weighted by Crippen LogP contribution is 1.96. The summed E-state index contributed by atoms with van der Waals surface area (Å²) in [7, 11) is 0. The lowest BCUT2D eigenvalue weighted by Gasteiger charge is -2.03. The molecule has 0 rings (SSSR count). The molecule has 25 heavy (non-hydrogen) atoms. The van der Waals surface area contributed by atoms with Crippen LogP contribution in [0.3, 0.4) is 0 Å². The fraction of sp³-hybridized carbons (Fsp3) is 0.692. The second kappa shape index (κ2) is 18.1. The molecule has 0 radical (unpaired) electrons. The van der Waals surface area contributed by atoms with Gasteiger partial charge in [0.25, 0.3) is 0 Å². The molecule has 0 aromatic rings. The molecule has 0 aromatic heterocycles. The summed E-state index contributed by atoms with van der Waals surface area (Å²) >= 11 is 0. The van der Waals surface area contributed by atoms with Gasteiger partial charge in [0.2, 0.25) is 0 Å². The van der Waals surface area contributed by atoms with Crippen molar-refractivity contribution in [2.45, 2.75) is 44.2 Å². The highest BCUT2D eigenvalue weighted by molar-refractivity contribution is 5.80. The summed E-state index contributed by atoms with van der Waals surface area (Å²) in [4.78, 5) is 39.3. The first-order chi connectivity index (χ1) is 11.5. The number of carboxylic acids is 4. The Balaban J connectivity index is -0.000000300. The third-order valence-electron chi connectivity index (χ3n) is 2.36. The first kappa shape index (κ1) is 27.6. The lowest BCUT2D eigenvalue weighted by molar-refractivity contribution is -0.144. The van der Waals surface area contributed by atoms with Gasteiger partial charge < -0.3 is 43.4 Å². The van der Waals surface area contributed by atoms with E-state index in [1.807, 2.05) is 0 Å². The van der Waals surface area contributed by atoms with Crippen LogP contribution in [0.2, 0.25) is 0 Å². The molecule has 0 heterocycles. The van der Waals surface area contributed by atoms with Gasteiger partial charge in [0, 0.05) is 6.54 Å². The fourth-order valence-electron chi connectivity index (χ4n) is 1.03. The van der Waals surface area contributed by atoms with Crippen molar-refractivity contribution in [3.05, 3.63) is 0 Å². The Hall–Kier alpha value is -2.28. The number of carboxylic acid groups (broad SMARTS) is 4. The van der Waals surface area contributed by atoms with E-state index in [0.717, 1.165) is 12.8 Å². The molecule has 0 fully saturated rings. The minimum Gasteiger partial charge on any atom is -0.481 e. The highest BCUT2D eigenvalue weighted by Gasteiger charge is 2.14. The van der Waals surface area contributed by atoms with Crippen LogP contribution >= 0.6 is 0 Å². The molecule has 0 bridgehead atoms. The fourth-order valence-corrected chi connectivity index (χ4v) is 1.03. The van der Waals surface area contributed by atoms with Crippen molar-refractivity contribution >= 4 is 23.9 Å². The molecule has 0 saturated heterocycles. The van der Waals surface area contributed by atoms with Crippen LogP contribution in [0.15, 0.2) is 0 Å². The van der Waals surface area contributed by atoms with Crippen LogP contribution in [0, 0.1) is 0 Å². The zero-order valence-electron chi connectivity index (χ0n) is 13.8. The number of aliphatic carboxylic acids is 4. The molecule has 148 valence electrons. The van der Waals surface area contributed by atoms with Gasteiger partial charge in [-0.25, -0.2) is 0 Å². The average Bonchev–Trinajstić information content (AvgIpc) is 2.47. The molecule has 0 aliphatic heterocycles. The van der Waals surface area contributed by atoms with Crippen molar-refractivity contribution in [2.24, 2.45) is 22.9 Å². The largest absolute Gasteiger partial charge is 0.481 e. The van der Waals surface area contributed by atoms with E-state index in [4.69, 9.17) is 43.4 Å². The van der Waals surface area contributed by atoms with Gasteiger partial charge in [0.15, 0.2) is 0 Å². The van der Waals surface area contributed by atoms with E-state index >= 15 is 0 Å². The van der Waals surface area contributed by atoms with Crippen LogP contribution in [0.5, 0.6) is 0 Å². The molecule has 12 nitrogen and oxygen atoms in total. The van der Waals surface area contributed by atoms with Crippen LogP contribution in [0.4, 0.5) is 0 Å². The maximum atomic E-state index is 10.1. The number of carbonyl (C=O) groups is 4. The number of unbranched alkanes of at least 4 members (excludes halogenated alkanes) is 1. The van der Waals surface area contributed by atoms with Crippen molar-refractivity contribution in [3.63, 3.8) is 0 Å². The van der Waals surface area contributed by atoms with Gasteiger partial charge >= 0.3 is 23.9 Å². The van der Waals surface area contributed by atoms with Crippen molar-refractivity contribution < 1.29 is 39.6 Å². The molecule has 0 amide bonds. The Labute approximate surface area is 144 Å². The molecule has 0 aliphatic rings. The third kappa shape index (κ3) is 26.9. The molecule has 0 spiro atoms. The lowest BCUT2D eigenvalue weighted by atomic mass is 10.1. The van der Waals surface area contributed by atoms with Gasteiger partial charge in [0.05, 0.1) is 12.8 Å². The zero-order valence-corrected chi connectivity index (χ0v) is 13.8. The quantitative estimate of drug-likeness (QED) is 0.191. The maximum absolute atomic E-state index is 10.1. The van der Waals surface area contributed by atoms with Crippen molar-refractivity contribution in [3.8, 4) is 0 Å². The van der Waals surface area contributed by atoms with Crippen LogP contribution in [-0.2, 0) is 19.2 Å². The summed E-state index contributed by atoms with van der Waals surface area (Å²) in [5, 5.41) is 32.2. The summed E-state index contributed by atoms with van der Waals surface area (Å²) in [6.07, 6.45) is 1.70. The van der Waals surface area contributed by atoms with Gasteiger partial charge in [-0.2, -0.15) is 0 Å². The topological polar surface area (TPSA) is 253 Å². The van der Waals surface area contributed by atoms with Crippen molar-refractivity contribution in [1.29, 1.82) is 0 Å². The molecule has 0 aliphatic carbocycles.